The molecule has 2 aromatic carbocycles. The number of carboxylic acids is 1. The number of methoxy groups -OCH3 is 2. The summed E-state index contributed by atoms with van der Waals surface area (Å²) in [5.74, 6) is -0.602. The van der Waals surface area contributed by atoms with Crippen LogP contribution >= 0.6 is 0 Å². The maximum absolute atomic E-state index is 12.2. The lowest BCUT2D eigenvalue weighted by Crippen LogP contribution is -2.02. The predicted octanol–water partition coefficient (Wildman–Crippen LogP) is 2.93. The number of carbonyl (C=O) groups is 2. The number of aromatic hydroxyl groups is 1. The number of carboxylic acid groups (broad SMARTS) is 1. The van der Waals surface area contributed by atoms with E-state index in [2.05, 4.69) is 0 Å². The molecule has 0 bridgehead atoms. The maximum Gasteiger partial charge on any atom is 0.307 e. The van der Waals surface area contributed by atoms with Crippen LogP contribution in [0.2, 0.25) is 0 Å². The Morgan fingerprint density at radius 2 is 1.84 bits per heavy atom. The molecule has 2 N–H and O–H groups in total. The molecule has 0 saturated heterocycles. The number of carbonyl (C=O) groups excluding carboxylic acids is 1. The van der Waals surface area contributed by atoms with Crippen molar-refractivity contribution in [1.29, 1.82) is 0 Å². The van der Waals surface area contributed by atoms with E-state index in [9.17, 15) is 14.7 Å². The summed E-state index contributed by atoms with van der Waals surface area (Å²) in [6, 6.07) is 9.42. The van der Waals surface area contributed by atoms with Crippen molar-refractivity contribution in [1.82, 2.24) is 0 Å². The van der Waals surface area contributed by atoms with Crippen molar-refractivity contribution in [2.75, 3.05) is 14.2 Å². The second-order valence-corrected chi connectivity index (χ2v) is 5.22. The summed E-state index contributed by atoms with van der Waals surface area (Å²) < 4.78 is 10.1. The Labute approximate surface area is 144 Å². The summed E-state index contributed by atoms with van der Waals surface area (Å²) in [7, 11) is 2.93. The van der Waals surface area contributed by atoms with Crippen LogP contribution in [0.4, 0.5) is 0 Å². The largest absolute Gasteiger partial charge is 0.507 e. The zero-order valence-corrected chi connectivity index (χ0v) is 13.9. The molecule has 0 saturated carbocycles. The highest BCUT2D eigenvalue weighted by Gasteiger charge is 2.10. The van der Waals surface area contributed by atoms with Gasteiger partial charge in [-0.25, -0.2) is 0 Å². The van der Waals surface area contributed by atoms with Gasteiger partial charge in [0.2, 0.25) is 0 Å². The van der Waals surface area contributed by atoms with Crippen molar-refractivity contribution >= 4 is 17.8 Å². The van der Waals surface area contributed by atoms with E-state index in [1.807, 2.05) is 0 Å². The van der Waals surface area contributed by atoms with E-state index in [1.165, 1.54) is 32.4 Å². The maximum atomic E-state index is 12.2. The fourth-order valence-corrected chi connectivity index (χ4v) is 2.31. The normalized spacial score (nSPS) is 10.6. The average Bonchev–Trinajstić information content (AvgIpc) is 2.59. The van der Waals surface area contributed by atoms with E-state index < -0.39 is 5.97 Å². The molecule has 0 aliphatic heterocycles. The van der Waals surface area contributed by atoms with Gasteiger partial charge in [-0.05, 0) is 35.9 Å². The van der Waals surface area contributed by atoms with Crippen molar-refractivity contribution in [3.63, 3.8) is 0 Å². The average molecular weight is 342 g/mol. The summed E-state index contributed by atoms with van der Waals surface area (Å²) in [6.45, 7) is 0. The van der Waals surface area contributed by atoms with Gasteiger partial charge in [-0.3, -0.25) is 9.59 Å². The molecule has 130 valence electrons. The summed E-state index contributed by atoms with van der Waals surface area (Å²) >= 11 is 0. The van der Waals surface area contributed by atoms with Gasteiger partial charge in [-0.2, -0.15) is 0 Å². The van der Waals surface area contributed by atoms with E-state index >= 15 is 0 Å². The zero-order valence-electron chi connectivity index (χ0n) is 13.9. The Hall–Kier alpha value is -3.28. The van der Waals surface area contributed by atoms with E-state index in [0.29, 0.717) is 22.6 Å². The van der Waals surface area contributed by atoms with Crippen molar-refractivity contribution in [3.05, 3.63) is 59.2 Å². The molecule has 0 atom stereocenters. The Morgan fingerprint density at radius 3 is 2.44 bits per heavy atom. The lowest BCUT2D eigenvalue weighted by molar-refractivity contribution is -0.136. The first-order valence-corrected chi connectivity index (χ1v) is 7.42. The number of aliphatic carboxylic acids is 1. The van der Waals surface area contributed by atoms with Gasteiger partial charge < -0.3 is 19.7 Å². The summed E-state index contributed by atoms with van der Waals surface area (Å²) in [4.78, 5) is 23.1. The molecular weight excluding hydrogens is 324 g/mol. The fraction of sp³-hybridized carbons (Fsp3) is 0.158. The lowest BCUT2D eigenvalue weighted by atomic mass is 10.0. The number of allylic oxidation sites excluding steroid dienone is 1. The van der Waals surface area contributed by atoms with Gasteiger partial charge in [0, 0.05) is 11.6 Å². The standard InChI is InChI=1S/C19H18O6/c1-24-14-5-6-15(17(21)11-14)16(20)7-3-12-4-8-18(25-2)13(9-12)10-19(22)23/h3-9,11,21H,10H2,1-2H3,(H,22,23)/b7-3+. The lowest BCUT2D eigenvalue weighted by Gasteiger charge is -2.07. The third kappa shape index (κ3) is 4.60. The highest BCUT2D eigenvalue weighted by molar-refractivity contribution is 6.08. The Kier molecular flexibility index (Phi) is 5.79. The molecule has 0 aliphatic carbocycles. The minimum Gasteiger partial charge on any atom is -0.507 e. The molecule has 2 aromatic rings. The highest BCUT2D eigenvalue weighted by atomic mass is 16.5. The molecule has 0 spiro atoms. The Balaban J connectivity index is 2.23. The van der Waals surface area contributed by atoms with Crippen LogP contribution in [0.3, 0.4) is 0 Å². The van der Waals surface area contributed by atoms with E-state index in [0.717, 1.165) is 0 Å². The molecule has 25 heavy (non-hydrogen) atoms. The predicted molar refractivity (Wildman–Crippen MR) is 92.4 cm³/mol. The highest BCUT2D eigenvalue weighted by Crippen LogP contribution is 2.25. The molecule has 0 fully saturated rings. The molecule has 2 rings (SSSR count). The van der Waals surface area contributed by atoms with E-state index in [4.69, 9.17) is 14.6 Å². The minimum absolute atomic E-state index is 0.149. The van der Waals surface area contributed by atoms with Gasteiger partial charge in [0.05, 0.1) is 26.2 Å². The first-order chi connectivity index (χ1) is 11.9. The minimum atomic E-state index is -0.973. The van der Waals surface area contributed by atoms with Gasteiger partial charge in [0.25, 0.3) is 0 Å². The third-order valence-corrected chi connectivity index (χ3v) is 3.54. The number of hydrogen-bond donors (Lipinski definition) is 2. The SMILES string of the molecule is COc1ccc(C(=O)/C=C/c2ccc(OC)c(CC(=O)O)c2)c(O)c1. The molecule has 0 amide bonds. The first-order valence-electron chi connectivity index (χ1n) is 7.42. The number of benzene rings is 2. The quantitative estimate of drug-likeness (QED) is 0.594. The van der Waals surface area contributed by atoms with Crippen LogP contribution in [0.15, 0.2) is 42.5 Å². The molecule has 0 heterocycles. The number of phenolic OH excluding ortho intramolecular Hbond substituents is 1. The van der Waals surface area contributed by atoms with Gasteiger partial charge in [0.1, 0.15) is 17.2 Å². The van der Waals surface area contributed by atoms with Crippen molar-refractivity contribution in [2.45, 2.75) is 6.42 Å². The van der Waals surface area contributed by atoms with Crippen LogP contribution in [0.1, 0.15) is 21.5 Å². The van der Waals surface area contributed by atoms with Crippen molar-refractivity contribution in [2.24, 2.45) is 0 Å². The van der Waals surface area contributed by atoms with E-state index in [1.54, 1.807) is 30.3 Å². The molecular formula is C19H18O6. The molecule has 0 radical (unpaired) electrons. The monoisotopic (exact) mass is 342 g/mol. The first kappa shape index (κ1) is 18.1. The summed E-state index contributed by atoms with van der Waals surface area (Å²) in [5.41, 5.74) is 1.31. The van der Waals surface area contributed by atoms with Gasteiger partial charge in [-0.1, -0.05) is 12.1 Å². The Morgan fingerprint density at radius 1 is 1.08 bits per heavy atom. The van der Waals surface area contributed by atoms with E-state index in [-0.39, 0.29) is 23.5 Å². The second-order valence-electron chi connectivity index (χ2n) is 5.22. The fourth-order valence-electron chi connectivity index (χ4n) is 2.31. The van der Waals surface area contributed by atoms with Crippen LogP contribution in [0, 0.1) is 0 Å². The molecule has 6 heteroatoms. The number of ketones is 1. The van der Waals surface area contributed by atoms with Crippen molar-refractivity contribution in [3.8, 4) is 17.2 Å². The second kappa shape index (κ2) is 8.01. The molecule has 0 unspecified atom stereocenters. The van der Waals surface area contributed by atoms with Crippen LogP contribution in [-0.4, -0.2) is 36.2 Å². The summed E-state index contributed by atoms with van der Waals surface area (Å²) in [6.07, 6.45) is 2.68. The van der Waals surface area contributed by atoms with Gasteiger partial charge in [-0.15, -0.1) is 0 Å². The van der Waals surface area contributed by atoms with Crippen LogP contribution in [0.5, 0.6) is 17.2 Å². The zero-order chi connectivity index (χ0) is 18.4. The third-order valence-electron chi connectivity index (χ3n) is 3.54. The van der Waals surface area contributed by atoms with Crippen LogP contribution < -0.4 is 9.47 Å². The van der Waals surface area contributed by atoms with Crippen molar-refractivity contribution < 1.29 is 29.3 Å². The Bertz CT molecular complexity index is 823. The number of ether oxygens (including phenoxy) is 2. The van der Waals surface area contributed by atoms with Crippen LogP contribution in [0.25, 0.3) is 6.08 Å². The topological polar surface area (TPSA) is 93.1 Å². The van der Waals surface area contributed by atoms with Gasteiger partial charge in [0.15, 0.2) is 5.78 Å². The molecule has 0 aromatic heterocycles. The number of rotatable bonds is 7. The molecule has 0 aliphatic rings. The van der Waals surface area contributed by atoms with Gasteiger partial charge >= 0.3 is 5.97 Å². The number of phenols is 1. The smallest absolute Gasteiger partial charge is 0.307 e. The van der Waals surface area contributed by atoms with Crippen LogP contribution in [-0.2, 0) is 11.2 Å². The summed E-state index contributed by atoms with van der Waals surface area (Å²) in [5, 5.41) is 18.8. The number of hydrogen-bond acceptors (Lipinski definition) is 5. The molecule has 6 nitrogen and oxygen atoms in total.